The molecule has 0 spiro atoms. The van der Waals surface area contributed by atoms with Crippen molar-refractivity contribution in [3.63, 3.8) is 0 Å². The first kappa shape index (κ1) is 14.9. The molecule has 0 aliphatic carbocycles. The van der Waals surface area contributed by atoms with Gasteiger partial charge in [-0.15, -0.1) is 0 Å². The number of rotatable bonds is 4. The predicted octanol–water partition coefficient (Wildman–Crippen LogP) is 4.31. The number of hydrogen-bond donors (Lipinski definition) is 2. The lowest BCUT2D eigenvalue weighted by Crippen LogP contribution is -2.06. The van der Waals surface area contributed by atoms with Gasteiger partial charge in [0.05, 0.1) is 11.4 Å². The lowest BCUT2D eigenvalue weighted by Gasteiger charge is -2.13. The molecule has 3 N–H and O–H groups in total. The molecule has 1 aromatic heterocycles. The van der Waals surface area contributed by atoms with Gasteiger partial charge in [0, 0.05) is 16.7 Å². The Bertz CT molecular complexity index is 608. The maximum atomic E-state index is 6.13. The van der Waals surface area contributed by atoms with Crippen LogP contribution < -0.4 is 11.1 Å². The number of nitrogens with one attached hydrogen (secondary N) is 1. The highest BCUT2D eigenvalue weighted by Crippen LogP contribution is 2.30. The van der Waals surface area contributed by atoms with Crippen molar-refractivity contribution in [2.45, 2.75) is 40.7 Å². The number of nitrogen functional groups attached to an aromatic ring is 1. The molecule has 0 radical (unpaired) electrons. The zero-order valence-electron chi connectivity index (χ0n) is 12.4. The topological polar surface area (TPSA) is 55.9 Å². The van der Waals surface area contributed by atoms with Crippen molar-refractivity contribution < 1.29 is 0 Å². The Hall–Kier alpha value is -1.49. The summed E-state index contributed by atoms with van der Waals surface area (Å²) in [6.45, 7) is 9.09. The number of anilines is 3. The maximum absolute atomic E-state index is 6.13. The second-order valence-electron chi connectivity index (χ2n) is 5.12. The van der Waals surface area contributed by atoms with Gasteiger partial charge in [0.2, 0.25) is 0 Å². The molecule has 5 heteroatoms. The Morgan fingerprint density at radius 1 is 1.25 bits per heavy atom. The van der Waals surface area contributed by atoms with Crippen LogP contribution in [0, 0.1) is 20.8 Å². The summed E-state index contributed by atoms with van der Waals surface area (Å²) in [5.74, 6) is 0.880. The van der Waals surface area contributed by atoms with Crippen LogP contribution in [0.3, 0.4) is 0 Å². The van der Waals surface area contributed by atoms with Crippen LogP contribution in [0.25, 0.3) is 0 Å². The molecule has 0 aliphatic heterocycles. The molecule has 0 saturated heterocycles. The van der Waals surface area contributed by atoms with Crippen LogP contribution in [0.2, 0.25) is 0 Å². The van der Waals surface area contributed by atoms with Gasteiger partial charge in [-0.2, -0.15) is 5.10 Å². The van der Waals surface area contributed by atoms with Crippen molar-refractivity contribution in [1.29, 1.82) is 0 Å². The SMILES string of the molecule is CCCn1nc(C)c(N)c1Nc1cc(C)c(Br)c(C)c1. The van der Waals surface area contributed by atoms with E-state index < -0.39 is 0 Å². The number of aromatic nitrogens is 2. The summed E-state index contributed by atoms with van der Waals surface area (Å²) in [6.07, 6.45) is 1.02. The summed E-state index contributed by atoms with van der Waals surface area (Å²) in [6, 6.07) is 4.21. The van der Waals surface area contributed by atoms with E-state index >= 15 is 0 Å². The Labute approximate surface area is 128 Å². The third kappa shape index (κ3) is 2.82. The van der Waals surface area contributed by atoms with Crippen molar-refractivity contribution in [2.75, 3.05) is 11.1 Å². The summed E-state index contributed by atoms with van der Waals surface area (Å²) >= 11 is 3.59. The highest BCUT2D eigenvalue weighted by molar-refractivity contribution is 9.10. The number of halogens is 1. The molecule has 0 amide bonds. The van der Waals surface area contributed by atoms with Crippen LogP contribution in [0.1, 0.15) is 30.2 Å². The predicted molar refractivity (Wildman–Crippen MR) is 88.6 cm³/mol. The largest absolute Gasteiger partial charge is 0.394 e. The van der Waals surface area contributed by atoms with E-state index in [1.54, 1.807) is 0 Å². The monoisotopic (exact) mass is 336 g/mol. The first-order chi connectivity index (χ1) is 9.43. The van der Waals surface area contributed by atoms with Crippen molar-refractivity contribution in [3.8, 4) is 0 Å². The molecule has 2 aromatic rings. The average Bonchev–Trinajstić information content (AvgIpc) is 2.64. The summed E-state index contributed by atoms with van der Waals surface area (Å²) in [5, 5.41) is 7.89. The number of nitrogens with zero attached hydrogens (tertiary/aromatic N) is 2. The molecule has 108 valence electrons. The molecule has 0 saturated carbocycles. The molecule has 0 atom stereocenters. The number of hydrogen-bond acceptors (Lipinski definition) is 3. The normalized spacial score (nSPS) is 10.8. The van der Waals surface area contributed by atoms with Gasteiger partial charge in [0.1, 0.15) is 0 Å². The van der Waals surface area contributed by atoms with Gasteiger partial charge >= 0.3 is 0 Å². The molecule has 0 unspecified atom stereocenters. The molecule has 1 aromatic carbocycles. The van der Waals surface area contributed by atoms with Crippen LogP contribution in [0.4, 0.5) is 17.2 Å². The van der Waals surface area contributed by atoms with E-state index in [4.69, 9.17) is 5.73 Å². The van der Waals surface area contributed by atoms with E-state index in [0.717, 1.165) is 40.3 Å². The van der Waals surface area contributed by atoms with E-state index in [9.17, 15) is 0 Å². The summed E-state index contributed by atoms with van der Waals surface area (Å²) in [5.41, 5.74) is 11.2. The zero-order chi connectivity index (χ0) is 14.9. The molecule has 0 aliphatic rings. The van der Waals surface area contributed by atoms with Crippen LogP contribution >= 0.6 is 15.9 Å². The maximum Gasteiger partial charge on any atom is 0.152 e. The fourth-order valence-electron chi connectivity index (χ4n) is 2.26. The Morgan fingerprint density at radius 3 is 2.40 bits per heavy atom. The second kappa shape index (κ2) is 5.87. The van der Waals surface area contributed by atoms with Gasteiger partial charge < -0.3 is 11.1 Å². The quantitative estimate of drug-likeness (QED) is 0.874. The lowest BCUT2D eigenvalue weighted by molar-refractivity contribution is 0.605. The molecule has 0 fully saturated rings. The fourth-order valence-corrected chi connectivity index (χ4v) is 2.48. The minimum atomic E-state index is 0.719. The van der Waals surface area contributed by atoms with E-state index in [1.165, 1.54) is 11.1 Å². The first-order valence-corrected chi connectivity index (χ1v) is 7.60. The Balaban J connectivity index is 2.39. The number of benzene rings is 1. The van der Waals surface area contributed by atoms with Crippen molar-refractivity contribution >= 4 is 33.1 Å². The average molecular weight is 337 g/mol. The van der Waals surface area contributed by atoms with Crippen LogP contribution in [-0.4, -0.2) is 9.78 Å². The summed E-state index contributed by atoms with van der Waals surface area (Å²) < 4.78 is 3.09. The van der Waals surface area contributed by atoms with Gasteiger partial charge in [-0.1, -0.05) is 22.9 Å². The smallest absolute Gasteiger partial charge is 0.152 e. The highest BCUT2D eigenvalue weighted by Gasteiger charge is 2.13. The molecular formula is C15H21BrN4. The zero-order valence-corrected chi connectivity index (χ0v) is 14.0. The fraction of sp³-hybridized carbons (Fsp3) is 0.400. The van der Waals surface area contributed by atoms with E-state index in [-0.39, 0.29) is 0 Å². The summed E-state index contributed by atoms with van der Waals surface area (Å²) in [4.78, 5) is 0. The number of aryl methyl sites for hydroxylation is 4. The number of nitrogens with two attached hydrogens (primary N) is 1. The lowest BCUT2D eigenvalue weighted by atomic mass is 10.1. The summed E-state index contributed by atoms with van der Waals surface area (Å²) in [7, 11) is 0. The van der Waals surface area contributed by atoms with Gasteiger partial charge in [-0.05, 0) is 50.5 Å². The van der Waals surface area contributed by atoms with E-state index in [0.29, 0.717) is 0 Å². The van der Waals surface area contributed by atoms with Gasteiger partial charge in [-0.3, -0.25) is 0 Å². The molecule has 2 rings (SSSR count). The Kier molecular flexibility index (Phi) is 4.38. The van der Waals surface area contributed by atoms with Crippen LogP contribution in [-0.2, 0) is 6.54 Å². The van der Waals surface area contributed by atoms with Gasteiger partial charge in [-0.25, -0.2) is 4.68 Å². The van der Waals surface area contributed by atoms with Crippen molar-refractivity contribution in [3.05, 3.63) is 33.4 Å². The third-order valence-corrected chi connectivity index (χ3v) is 4.56. The van der Waals surface area contributed by atoms with E-state index in [2.05, 4.69) is 59.2 Å². The van der Waals surface area contributed by atoms with Crippen LogP contribution in [0.5, 0.6) is 0 Å². The third-order valence-electron chi connectivity index (χ3n) is 3.31. The van der Waals surface area contributed by atoms with Gasteiger partial charge in [0.15, 0.2) is 5.82 Å². The van der Waals surface area contributed by atoms with E-state index in [1.807, 2.05) is 11.6 Å². The van der Waals surface area contributed by atoms with Crippen molar-refractivity contribution in [1.82, 2.24) is 9.78 Å². The standard InChI is InChI=1S/C15H21BrN4/c1-5-6-20-15(14(17)11(4)19-20)18-12-7-9(2)13(16)10(3)8-12/h7-8,18H,5-6,17H2,1-4H3. The van der Waals surface area contributed by atoms with Gasteiger partial charge in [0.25, 0.3) is 0 Å². The molecule has 4 nitrogen and oxygen atoms in total. The minimum absolute atomic E-state index is 0.719. The minimum Gasteiger partial charge on any atom is -0.394 e. The molecule has 20 heavy (non-hydrogen) atoms. The Morgan fingerprint density at radius 2 is 1.85 bits per heavy atom. The second-order valence-corrected chi connectivity index (χ2v) is 5.91. The highest BCUT2D eigenvalue weighted by atomic mass is 79.9. The van der Waals surface area contributed by atoms with Crippen molar-refractivity contribution in [2.24, 2.45) is 0 Å². The van der Waals surface area contributed by atoms with Crippen LogP contribution in [0.15, 0.2) is 16.6 Å². The molecule has 0 bridgehead atoms. The molecule has 1 heterocycles. The first-order valence-electron chi connectivity index (χ1n) is 6.80. The molecular weight excluding hydrogens is 316 g/mol.